The second-order valence-corrected chi connectivity index (χ2v) is 8.65. The van der Waals surface area contributed by atoms with Gasteiger partial charge in [0.05, 0.1) is 4.08 Å². The average Bonchev–Trinajstić information content (AvgIpc) is 2.77. The van der Waals surface area contributed by atoms with Crippen LogP contribution in [0.25, 0.3) is 0 Å². The van der Waals surface area contributed by atoms with Crippen LogP contribution in [0.3, 0.4) is 0 Å². The van der Waals surface area contributed by atoms with Crippen LogP contribution in [0, 0.1) is 5.92 Å². The Labute approximate surface area is 127 Å². The normalized spacial score (nSPS) is 27.5. The van der Waals surface area contributed by atoms with Gasteiger partial charge in [-0.05, 0) is 17.9 Å². The zero-order valence-electron chi connectivity index (χ0n) is 10.9. The minimum atomic E-state index is -0.886. The third-order valence-electron chi connectivity index (χ3n) is 3.57. The molecule has 1 unspecified atom stereocenters. The first-order chi connectivity index (χ1) is 8.99. The minimum absolute atomic E-state index is 0.0777. The number of rotatable bonds is 3. The van der Waals surface area contributed by atoms with E-state index in [4.69, 9.17) is 0 Å². The summed E-state index contributed by atoms with van der Waals surface area (Å²) < 4.78 is -0.104. The Morgan fingerprint density at radius 2 is 2.11 bits per heavy atom. The van der Waals surface area contributed by atoms with E-state index < -0.39 is 12.0 Å². The van der Waals surface area contributed by atoms with Crippen LogP contribution in [0.2, 0.25) is 0 Å². The van der Waals surface area contributed by atoms with Crippen LogP contribution in [-0.2, 0) is 9.59 Å². The molecule has 0 bridgehead atoms. The highest BCUT2D eigenvalue weighted by Crippen LogP contribution is 2.50. The lowest BCUT2D eigenvalue weighted by molar-refractivity contribution is -0.149. The topological polar surface area (TPSA) is 57.6 Å². The van der Waals surface area contributed by atoms with Crippen molar-refractivity contribution in [3.63, 3.8) is 0 Å². The summed E-state index contributed by atoms with van der Waals surface area (Å²) in [7, 11) is 0. The van der Waals surface area contributed by atoms with E-state index in [0.29, 0.717) is 18.7 Å². The van der Waals surface area contributed by atoms with Gasteiger partial charge >= 0.3 is 5.97 Å². The summed E-state index contributed by atoms with van der Waals surface area (Å²) in [5.41, 5.74) is 0. The second-order valence-electron chi connectivity index (χ2n) is 5.07. The molecule has 108 valence electrons. The number of hydrogen-bond acceptors (Lipinski definition) is 5. The highest BCUT2D eigenvalue weighted by atomic mass is 32.2. The van der Waals surface area contributed by atoms with Crippen molar-refractivity contribution in [1.82, 2.24) is 4.90 Å². The Balaban J connectivity index is 2.16. The number of aliphatic carboxylic acids is 1. The van der Waals surface area contributed by atoms with Crippen molar-refractivity contribution >= 4 is 48.0 Å². The van der Waals surface area contributed by atoms with Gasteiger partial charge in [0.2, 0.25) is 5.91 Å². The zero-order chi connectivity index (χ0) is 14.0. The molecule has 2 saturated heterocycles. The largest absolute Gasteiger partial charge is 0.480 e. The van der Waals surface area contributed by atoms with Crippen LogP contribution in [0.4, 0.5) is 0 Å². The molecule has 2 heterocycles. The lowest BCUT2D eigenvalue weighted by Crippen LogP contribution is -2.43. The number of nitrogens with zero attached hydrogens (tertiary/aromatic N) is 1. The van der Waals surface area contributed by atoms with Crippen LogP contribution in [0.15, 0.2) is 0 Å². The summed E-state index contributed by atoms with van der Waals surface area (Å²) >= 11 is 7.79. The van der Waals surface area contributed by atoms with Crippen molar-refractivity contribution in [2.24, 2.45) is 5.92 Å². The maximum Gasteiger partial charge on any atom is 0.326 e. The highest BCUT2D eigenvalue weighted by Gasteiger charge is 2.50. The molecule has 2 fully saturated rings. The summed E-state index contributed by atoms with van der Waals surface area (Å²) in [5.74, 6) is 1.38. The maximum absolute atomic E-state index is 12.3. The fourth-order valence-corrected chi connectivity index (χ4v) is 5.98. The lowest BCUT2D eigenvalue weighted by atomic mass is 10.1. The minimum Gasteiger partial charge on any atom is -0.480 e. The summed E-state index contributed by atoms with van der Waals surface area (Å²) in [6, 6.07) is -0.673. The summed E-state index contributed by atoms with van der Waals surface area (Å²) in [5, 5.41) is 9.37. The first-order valence-electron chi connectivity index (χ1n) is 6.41. The molecule has 2 aliphatic heterocycles. The Bertz CT molecular complexity index is 371. The van der Waals surface area contributed by atoms with Gasteiger partial charge in [-0.3, -0.25) is 4.79 Å². The van der Waals surface area contributed by atoms with Crippen LogP contribution in [0.1, 0.15) is 19.8 Å². The summed E-state index contributed by atoms with van der Waals surface area (Å²) in [6.45, 7) is 2.36. The summed E-state index contributed by atoms with van der Waals surface area (Å²) in [6.07, 6.45) is 1.72. The van der Waals surface area contributed by atoms with Crippen molar-refractivity contribution in [2.45, 2.75) is 29.9 Å². The first-order valence-corrected chi connectivity index (χ1v) is 9.01. The smallest absolute Gasteiger partial charge is 0.326 e. The number of thiol groups is 1. The van der Waals surface area contributed by atoms with Crippen LogP contribution in [-0.4, -0.2) is 55.8 Å². The Morgan fingerprint density at radius 3 is 2.63 bits per heavy atom. The van der Waals surface area contributed by atoms with Gasteiger partial charge in [-0.1, -0.05) is 6.92 Å². The highest BCUT2D eigenvalue weighted by molar-refractivity contribution is 8.18. The number of amides is 1. The maximum atomic E-state index is 12.3. The molecule has 1 spiro atoms. The molecule has 4 nitrogen and oxygen atoms in total. The molecule has 1 amide bonds. The Kier molecular flexibility index (Phi) is 5.00. The lowest BCUT2D eigenvalue weighted by Gasteiger charge is -2.32. The number of carbonyl (C=O) groups excluding carboxylic acids is 1. The molecule has 0 aliphatic carbocycles. The van der Waals surface area contributed by atoms with Crippen molar-refractivity contribution in [3.8, 4) is 0 Å². The summed E-state index contributed by atoms with van der Waals surface area (Å²) in [4.78, 5) is 25.3. The first kappa shape index (κ1) is 15.4. The standard InChI is InChI=1S/C12H19NO3S3/c1-8(6-17)10(14)13-7-12(5-9(13)11(15)16)18-3-2-4-19-12/h8-9,17H,2-7H2,1H3,(H,15,16)/t8?,9-/m0/s1. The fraction of sp³-hybridized carbons (Fsp3) is 0.833. The molecule has 19 heavy (non-hydrogen) atoms. The number of thioether (sulfide) groups is 2. The SMILES string of the molecule is CC(CS)C(=O)N1CC2(C[C@H]1C(=O)O)SCCCS2. The molecule has 7 heteroatoms. The van der Waals surface area contributed by atoms with Gasteiger partial charge in [0.25, 0.3) is 0 Å². The molecule has 2 rings (SSSR count). The Morgan fingerprint density at radius 1 is 1.47 bits per heavy atom. The van der Waals surface area contributed by atoms with Crippen molar-refractivity contribution in [3.05, 3.63) is 0 Å². The predicted octanol–water partition coefficient (Wildman–Crippen LogP) is 1.80. The Hall–Kier alpha value is -0.0100. The number of likely N-dealkylation sites (tertiary alicyclic amines) is 1. The molecular formula is C12H19NO3S3. The molecule has 1 N–H and O–H groups in total. The van der Waals surface area contributed by atoms with E-state index in [9.17, 15) is 14.7 Å². The number of carbonyl (C=O) groups is 2. The fourth-order valence-electron chi connectivity index (χ4n) is 2.48. The van der Waals surface area contributed by atoms with E-state index >= 15 is 0 Å². The molecule has 0 saturated carbocycles. The van der Waals surface area contributed by atoms with Crippen LogP contribution >= 0.6 is 36.2 Å². The molecule has 0 aromatic carbocycles. The van der Waals surface area contributed by atoms with Gasteiger partial charge in [0.1, 0.15) is 6.04 Å². The number of carboxylic acids is 1. The molecule has 0 aromatic heterocycles. The third kappa shape index (κ3) is 3.19. The monoisotopic (exact) mass is 321 g/mol. The van der Waals surface area contributed by atoms with Gasteiger partial charge in [-0.25, -0.2) is 4.79 Å². The van der Waals surface area contributed by atoms with Crippen molar-refractivity contribution in [2.75, 3.05) is 23.8 Å². The van der Waals surface area contributed by atoms with Crippen LogP contribution in [0.5, 0.6) is 0 Å². The van der Waals surface area contributed by atoms with E-state index in [-0.39, 0.29) is 15.9 Å². The van der Waals surface area contributed by atoms with E-state index in [1.165, 1.54) is 0 Å². The average molecular weight is 321 g/mol. The van der Waals surface area contributed by atoms with Gasteiger partial charge in [-0.2, -0.15) is 12.6 Å². The molecule has 0 aromatic rings. The quantitative estimate of drug-likeness (QED) is 0.776. The molecule has 2 aliphatic rings. The van der Waals surface area contributed by atoms with Gasteiger partial charge in [0, 0.05) is 24.6 Å². The van der Waals surface area contributed by atoms with Gasteiger partial charge in [-0.15, -0.1) is 23.5 Å². The zero-order valence-corrected chi connectivity index (χ0v) is 13.4. The number of hydrogen-bond donors (Lipinski definition) is 2. The second kappa shape index (κ2) is 6.18. The van der Waals surface area contributed by atoms with E-state index in [1.54, 1.807) is 11.8 Å². The van der Waals surface area contributed by atoms with Gasteiger partial charge in [0.15, 0.2) is 0 Å². The van der Waals surface area contributed by atoms with Gasteiger partial charge < -0.3 is 10.0 Å². The molecule has 0 radical (unpaired) electrons. The van der Waals surface area contributed by atoms with E-state index in [2.05, 4.69) is 12.6 Å². The van der Waals surface area contributed by atoms with Crippen molar-refractivity contribution in [1.29, 1.82) is 0 Å². The van der Waals surface area contributed by atoms with E-state index in [1.807, 2.05) is 23.5 Å². The molecular weight excluding hydrogens is 302 g/mol. The van der Waals surface area contributed by atoms with Crippen molar-refractivity contribution < 1.29 is 14.7 Å². The number of carboxylic acid groups (broad SMARTS) is 1. The molecule has 2 atom stereocenters. The van der Waals surface area contributed by atoms with Crippen LogP contribution < -0.4 is 0 Å². The third-order valence-corrected chi connectivity index (χ3v) is 7.46. The van der Waals surface area contributed by atoms with E-state index in [0.717, 1.165) is 17.9 Å². The predicted molar refractivity (Wildman–Crippen MR) is 83.0 cm³/mol.